The number of carbonyl (C=O) groups excluding carboxylic acids is 2. The van der Waals surface area contributed by atoms with Crippen molar-refractivity contribution >= 4 is 11.8 Å². The van der Waals surface area contributed by atoms with Crippen LogP contribution < -0.4 is 10.6 Å². The van der Waals surface area contributed by atoms with E-state index in [2.05, 4.69) is 15.7 Å². The van der Waals surface area contributed by atoms with Crippen LogP contribution in [0.15, 0.2) is 67.0 Å². The highest BCUT2D eigenvalue weighted by Crippen LogP contribution is 2.24. The molecule has 2 aromatic carbocycles. The second kappa shape index (κ2) is 8.73. The molecule has 1 fully saturated rings. The molecule has 0 radical (unpaired) electrons. The Morgan fingerprint density at radius 1 is 1.10 bits per heavy atom. The maximum Gasteiger partial charge on any atom is 0.252 e. The molecule has 4 rings (SSSR count). The van der Waals surface area contributed by atoms with Crippen LogP contribution in [0, 0.1) is 0 Å². The lowest BCUT2D eigenvalue weighted by Gasteiger charge is -2.17. The van der Waals surface area contributed by atoms with Crippen molar-refractivity contribution < 1.29 is 9.59 Å². The molecular formula is C23H24N4O2. The molecule has 6 heteroatoms. The van der Waals surface area contributed by atoms with Gasteiger partial charge in [0.25, 0.3) is 5.91 Å². The number of hydrogen-bond acceptors (Lipinski definition) is 3. The zero-order valence-electron chi connectivity index (χ0n) is 16.2. The van der Waals surface area contributed by atoms with Crippen LogP contribution in [-0.2, 0) is 11.3 Å². The highest BCUT2D eigenvalue weighted by Gasteiger charge is 2.24. The van der Waals surface area contributed by atoms with Gasteiger partial charge in [-0.15, -0.1) is 0 Å². The Balaban J connectivity index is 1.53. The molecule has 0 aliphatic carbocycles. The summed E-state index contributed by atoms with van der Waals surface area (Å²) in [5.41, 5.74) is 3.52. The summed E-state index contributed by atoms with van der Waals surface area (Å²) < 4.78 is 1.87. The standard InChI is InChI=1S/C23H24N4O2/c28-22(26-21-8-3-4-13-24-23(21)29)20-7-2-1-6-19(20)18-11-9-17(10-12-18)16-27-15-5-14-25-27/h1-2,5-7,9-12,14-15,21H,3-4,8,13,16H2,(H,24,29)(H,26,28). The molecule has 2 amide bonds. The summed E-state index contributed by atoms with van der Waals surface area (Å²) in [4.78, 5) is 25.1. The van der Waals surface area contributed by atoms with Gasteiger partial charge in [0.05, 0.1) is 6.54 Å². The molecular weight excluding hydrogens is 364 g/mol. The summed E-state index contributed by atoms with van der Waals surface area (Å²) in [6.45, 7) is 1.37. The molecule has 1 atom stereocenters. The monoisotopic (exact) mass is 388 g/mol. The van der Waals surface area contributed by atoms with Crippen LogP contribution in [0.5, 0.6) is 0 Å². The third kappa shape index (κ3) is 4.54. The third-order valence-electron chi connectivity index (χ3n) is 5.18. The zero-order valence-corrected chi connectivity index (χ0v) is 16.2. The smallest absolute Gasteiger partial charge is 0.252 e. The number of benzene rings is 2. The molecule has 6 nitrogen and oxygen atoms in total. The first kappa shape index (κ1) is 18.9. The predicted octanol–water partition coefficient (Wildman–Crippen LogP) is 3.00. The Hall–Kier alpha value is -3.41. The molecule has 0 spiro atoms. The summed E-state index contributed by atoms with van der Waals surface area (Å²) in [6.07, 6.45) is 6.22. The lowest BCUT2D eigenvalue weighted by Crippen LogP contribution is -2.45. The van der Waals surface area contributed by atoms with Gasteiger partial charge in [-0.3, -0.25) is 14.3 Å². The fourth-order valence-electron chi connectivity index (χ4n) is 3.62. The van der Waals surface area contributed by atoms with E-state index in [1.54, 1.807) is 12.3 Å². The maximum absolute atomic E-state index is 12.9. The Kier molecular flexibility index (Phi) is 5.70. The van der Waals surface area contributed by atoms with Crippen molar-refractivity contribution in [2.45, 2.75) is 31.8 Å². The van der Waals surface area contributed by atoms with Gasteiger partial charge in [0.15, 0.2) is 0 Å². The quantitative estimate of drug-likeness (QED) is 0.705. The van der Waals surface area contributed by atoms with Crippen LogP contribution in [-0.4, -0.2) is 34.2 Å². The first-order valence-electron chi connectivity index (χ1n) is 9.95. The van der Waals surface area contributed by atoms with E-state index in [9.17, 15) is 9.59 Å². The van der Waals surface area contributed by atoms with Crippen LogP contribution in [0.25, 0.3) is 11.1 Å². The van der Waals surface area contributed by atoms with E-state index >= 15 is 0 Å². The van der Waals surface area contributed by atoms with Gasteiger partial charge in [0.2, 0.25) is 5.91 Å². The van der Waals surface area contributed by atoms with Crippen molar-refractivity contribution in [1.82, 2.24) is 20.4 Å². The summed E-state index contributed by atoms with van der Waals surface area (Å²) in [7, 11) is 0. The molecule has 1 aromatic heterocycles. The third-order valence-corrected chi connectivity index (χ3v) is 5.18. The van der Waals surface area contributed by atoms with E-state index in [0.717, 1.165) is 29.5 Å². The van der Waals surface area contributed by atoms with Crippen molar-refractivity contribution in [3.8, 4) is 11.1 Å². The minimum absolute atomic E-state index is 0.101. The number of aromatic nitrogens is 2. The van der Waals surface area contributed by atoms with E-state index in [4.69, 9.17) is 0 Å². The highest BCUT2D eigenvalue weighted by molar-refractivity contribution is 6.02. The van der Waals surface area contributed by atoms with Gasteiger partial charge in [-0.1, -0.05) is 42.5 Å². The van der Waals surface area contributed by atoms with Crippen LogP contribution in [0.4, 0.5) is 0 Å². The number of amides is 2. The molecule has 1 aliphatic rings. The predicted molar refractivity (Wildman–Crippen MR) is 111 cm³/mol. The zero-order chi connectivity index (χ0) is 20.1. The number of hydrogen-bond donors (Lipinski definition) is 2. The SMILES string of the molecule is O=C(NC1CCCCNC1=O)c1ccccc1-c1ccc(Cn2cccn2)cc1. The Morgan fingerprint density at radius 3 is 2.72 bits per heavy atom. The minimum atomic E-state index is -0.477. The molecule has 148 valence electrons. The van der Waals surface area contributed by atoms with Crippen LogP contribution >= 0.6 is 0 Å². The van der Waals surface area contributed by atoms with E-state index in [-0.39, 0.29) is 11.8 Å². The molecule has 2 heterocycles. The highest BCUT2D eigenvalue weighted by atomic mass is 16.2. The second-order valence-corrected chi connectivity index (χ2v) is 7.26. The fraction of sp³-hybridized carbons (Fsp3) is 0.261. The number of carbonyl (C=O) groups is 2. The van der Waals surface area contributed by atoms with E-state index in [1.807, 2.05) is 59.4 Å². The molecule has 3 aromatic rings. The van der Waals surface area contributed by atoms with Crippen molar-refractivity contribution in [3.63, 3.8) is 0 Å². The first-order chi connectivity index (χ1) is 14.2. The van der Waals surface area contributed by atoms with Crippen LogP contribution in [0.2, 0.25) is 0 Å². The summed E-state index contributed by atoms with van der Waals surface area (Å²) in [6, 6.07) is 17.1. The van der Waals surface area contributed by atoms with Gasteiger partial charge >= 0.3 is 0 Å². The van der Waals surface area contributed by atoms with E-state index in [0.29, 0.717) is 25.1 Å². The number of rotatable bonds is 5. The average molecular weight is 388 g/mol. The summed E-state index contributed by atoms with van der Waals surface area (Å²) >= 11 is 0. The topological polar surface area (TPSA) is 76.0 Å². The number of nitrogens with zero attached hydrogens (tertiary/aromatic N) is 2. The van der Waals surface area contributed by atoms with Crippen molar-refractivity contribution in [3.05, 3.63) is 78.1 Å². The molecule has 2 N–H and O–H groups in total. The largest absolute Gasteiger partial charge is 0.354 e. The van der Waals surface area contributed by atoms with Crippen LogP contribution in [0.3, 0.4) is 0 Å². The van der Waals surface area contributed by atoms with Gasteiger partial charge in [0.1, 0.15) is 6.04 Å². The molecule has 1 aliphatic heterocycles. The molecule has 1 unspecified atom stereocenters. The lowest BCUT2D eigenvalue weighted by molar-refractivity contribution is -0.122. The van der Waals surface area contributed by atoms with Gasteiger partial charge < -0.3 is 10.6 Å². The lowest BCUT2D eigenvalue weighted by atomic mass is 9.97. The van der Waals surface area contributed by atoms with E-state index < -0.39 is 6.04 Å². The molecule has 1 saturated heterocycles. The second-order valence-electron chi connectivity index (χ2n) is 7.26. The maximum atomic E-state index is 12.9. The average Bonchev–Trinajstić information content (AvgIpc) is 3.18. The van der Waals surface area contributed by atoms with Crippen molar-refractivity contribution in [2.24, 2.45) is 0 Å². The molecule has 0 bridgehead atoms. The molecule has 29 heavy (non-hydrogen) atoms. The fourth-order valence-corrected chi connectivity index (χ4v) is 3.62. The summed E-state index contributed by atoms with van der Waals surface area (Å²) in [5, 5.41) is 10.0. The normalized spacial score (nSPS) is 16.7. The van der Waals surface area contributed by atoms with E-state index in [1.165, 1.54) is 0 Å². The van der Waals surface area contributed by atoms with Crippen molar-refractivity contribution in [2.75, 3.05) is 6.54 Å². The Bertz CT molecular complexity index is 980. The van der Waals surface area contributed by atoms with Crippen molar-refractivity contribution in [1.29, 1.82) is 0 Å². The van der Waals surface area contributed by atoms with Gasteiger partial charge in [-0.2, -0.15) is 5.10 Å². The first-order valence-corrected chi connectivity index (χ1v) is 9.95. The minimum Gasteiger partial charge on any atom is -0.354 e. The Morgan fingerprint density at radius 2 is 1.93 bits per heavy atom. The Labute approximate surface area is 169 Å². The van der Waals surface area contributed by atoms with Crippen LogP contribution in [0.1, 0.15) is 35.2 Å². The number of nitrogens with one attached hydrogen (secondary N) is 2. The van der Waals surface area contributed by atoms with Gasteiger partial charge in [0, 0.05) is 24.5 Å². The van der Waals surface area contributed by atoms with Gasteiger partial charge in [-0.25, -0.2) is 0 Å². The van der Waals surface area contributed by atoms with Gasteiger partial charge in [-0.05, 0) is 48.1 Å². The molecule has 0 saturated carbocycles. The summed E-state index contributed by atoms with van der Waals surface area (Å²) in [5.74, 6) is -0.320.